The Kier molecular flexibility index (Phi) is 5.27. The highest BCUT2D eigenvalue weighted by Crippen LogP contribution is 2.77. The van der Waals surface area contributed by atoms with Crippen LogP contribution in [0.25, 0.3) is 0 Å². The van der Waals surface area contributed by atoms with Crippen LogP contribution in [0.3, 0.4) is 0 Å². The standard InChI is InChI=1S/C30H47NO3/c1-18(2)19-10-15-30(25(32)33)17-16-28(6)20(24(19)30)8-9-22-27(5)13-12-23(31-34)26(3,4)21(27)11-14-29(22,28)7/h19-22,24,34H,1,8-17H2,2-7H3,(H,32,33)/t19?,20?,21?,22?,24?,27-,28+,29+,30?/m0/s1. The summed E-state index contributed by atoms with van der Waals surface area (Å²) in [4.78, 5) is 12.8. The van der Waals surface area contributed by atoms with E-state index in [2.05, 4.69) is 53.3 Å². The van der Waals surface area contributed by atoms with Gasteiger partial charge in [-0.05, 0) is 117 Å². The quantitative estimate of drug-likeness (QED) is 0.249. The molecule has 4 nitrogen and oxygen atoms in total. The van der Waals surface area contributed by atoms with Gasteiger partial charge in [0.25, 0.3) is 0 Å². The van der Waals surface area contributed by atoms with Gasteiger partial charge in [0, 0.05) is 5.41 Å². The number of oxime groups is 1. The SMILES string of the molecule is C=C(C)C1CCC2(C(=O)O)CC[C@]3(C)C(CCC4[C@@]5(C)CCC(=NO)C(C)(C)C5CC[C@]43C)C12. The van der Waals surface area contributed by atoms with Crippen molar-refractivity contribution >= 4 is 11.7 Å². The molecule has 5 saturated carbocycles. The topological polar surface area (TPSA) is 69.9 Å². The second-order valence-corrected chi connectivity index (χ2v) is 14.4. The predicted octanol–water partition coefficient (Wildman–Crippen LogP) is 7.56. The number of aliphatic carboxylic acids is 1. The molecule has 5 aliphatic carbocycles. The van der Waals surface area contributed by atoms with Crippen molar-refractivity contribution in [2.24, 2.45) is 61.8 Å². The van der Waals surface area contributed by atoms with E-state index in [1.165, 1.54) is 24.8 Å². The molecule has 0 aromatic carbocycles. The van der Waals surface area contributed by atoms with Gasteiger partial charge in [-0.3, -0.25) is 4.79 Å². The van der Waals surface area contributed by atoms with E-state index in [1.807, 2.05) is 0 Å². The maximum Gasteiger partial charge on any atom is 0.309 e. The number of fused-ring (bicyclic) bond motifs is 7. The third-order valence-corrected chi connectivity index (χ3v) is 13.4. The molecule has 0 aliphatic heterocycles. The molecule has 0 heterocycles. The first kappa shape index (κ1) is 24.4. The van der Waals surface area contributed by atoms with Crippen LogP contribution in [0.15, 0.2) is 17.3 Å². The molecule has 5 aliphatic rings. The van der Waals surface area contributed by atoms with Gasteiger partial charge in [0.1, 0.15) is 0 Å². The first-order chi connectivity index (χ1) is 15.8. The highest BCUT2D eigenvalue weighted by atomic mass is 16.4. The molecule has 0 aromatic rings. The molecule has 0 saturated heterocycles. The molecule has 0 radical (unpaired) electrons. The average molecular weight is 470 g/mol. The van der Waals surface area contributed by atoms with Gasteiger partial charge in [-0.25, -0.2) is 0 Å². The van der Waals surface area contributed by atoms with Gasteiger partial charge in [0.2, 0.25) is 0 Å². The number of carboxylic acids is 1. The zero-order valence-corrected chi connectivity index (χ0v) is 22.4. The molecule has 9 atom stereocenters. The summed E-state index contributed by atoms with van der Waals surface area (Å²) in [5.74, 6) is 1.69. The molecule has 5 rings (SSSR count). The Morgan fingerprint density at radius 2 is 1.62 bits per heavy atom. The minimum atomic E-state index is -0.545. The Balaban J connectivity index is 1.56. The first-order valence-electron chi connectivity index (χ1n) is 13.9. The molecule has 0 bridgehead atoms. The van der Waals surface area contributed by atoms with Crippen LogP contribution in [0.2, 0.25) is 0 Å². The van der Waals surface area contributed by atoms with E-state index in [0.29, 0.717) is 23.7 Å². The number of allylic oxidation sites excluding steroid dienone is 1. The zero-order valence-electron chi connectivity index (χ0n) is 22.4. The van der Waals surface area contributed by atoms with E-state index in [1.54, 1.807) is 0 Å². The zero-order chi connectivity index (χ0) is 24.9. The van der Waals surface area contributed by atoms with Crippen molar-refractivity contribution in [2.75, 3.05) is 0 Å². The molecule has 34 heavy (non-hydrogen) atoms. The Labute approximate surface area is 206 Å². The summed E-state index contributed by atoms with van der Waals surface area (Å²) in [5, 5.41) is 24.0. The lowest BCUT2D eigenvalue weighted by Crippen LogP contribution is -2.66. The Morgan fingerprint density at radius 1 is 0.912 bits per heavy atom. The second-order valence-electron chi connectivity index (χ2n) is 14.4. The Morgan fingerprint density at radius 3 is 2.24 bits per heavy atom. The largest absolute Gasteiger partial charge is 0.481 e. The van der Waals surface area contributed by atoms with Gasteiger partial charge >= 0.3 is 5.97 Å². The maximum absolute atomic E-state index is 12.8. The number of hydrogen-bond acceptors (Lipinski definition) is 3. The highest BCUT2D eigenvalue weighted by Gasteiger charge is 2.71. The third-order valence-electron chi connectivity index (χ3n) is 13.4. The van der Waals surface area contributed by atoms with Crippen molar-refractivity contribution in [3.63, 3.8) is 0 Å². The molecular formula is C30H47NO3. The maximum atomic E-state index is 12.8. The summed E-state index contributed by atoms with van der Waals surface area (Å²) in [7, 11) is 0. The van der Waals surface area contributed by atoms with Gasteiger partial charge in [0.05, 0.1) is 11.1 Å². The summed E-state index contributed by atoms with van der Waals surface area (Å²) in [6.07, 6.45) is 10.5. The van der Waals surface area contributed by atoms with Crippen molar-refractivity contribution in [1.29, 1.82) is 0 Å². The van der Waals surface area contributed by atoms with Crippen molar-refractivity contribution in [3.05, 3.63) is 12.2 Å². The monoisotopic (exact) mass is 469 g/mol. The van der Waals surface area contributed by atoms with Gasteiger partial charge in [-0.15, -0.1) is 0 Å². The van der Waals surface area contributed by atoms with Gasteiger partial charge in [-0.2, -0.15) is 0 Å². The molecular weight excluding hydrogens is 422 g/mol. The molecule has 5 fully saturated rings. The van der Waals surface area contributed by atoms with E-state index >= 15 is 0 Å². The fourth-order valence-electron chi connectivity index (χ4n) is 11.5. The number of rotatable bonds is 2. The second kappa shape index (κ2) is 7.35. The van der Waals surface area contributed by atoms with Gasteiger partial charge < -0.3 is 10.3 Å². The lowest BCUT2D eigenvalue weighted by atomic mass is 9.32. The number of nitrogens with zero attached hydrogens (tertiary/aromatic N) is 1. The van der Waals surface area contributed by atoms with E-state index in [-0.39, 0.29) is 27.6 Å². The Bertz CT molecular complexity index is 937. The summed E-state index contributed by atoms with van der Waals surface area (Å²) in [5.41, 5.74) is 2.20. The van der Waals surface area contributed by atoms with E-state index < -0.39 is 11.4 Å². The number of carbonyl (C=O) groups is 1. The Hall–Kier alpha value is -1.32. The van der Waals surface area contributed by atoms with Crippen LogP contribution in [-0.2, 0) is 4.79 Å². The smallest absolute Gasteiger partial charge is 0.309 e. The molecule has 2 N–H and O–H groups in total. The van der Waals surface area contributed by atoms with Crippen LogP contribution >= 0.6 is 0 Å². The first-order valence-corrected chi connectivity index (χ1v) is 13.9. The van der Waals surface area contributed by atoms with Crippen molar-refractivity contribution < 1.29 is 15.1 Å². The average Bonchev–Trinajstić information content (AvgIpc) is 3.15. The molecule has 4 heteroatoms. The van der Waals surface area contributed by atoms with E-state index in [0.717, 1.165) is 50.7 Å². The minimum Gasteiger partial charge on any atom is -0.481 e. The van der Waals surface area contributed by atoms with E-state index in [9.17, 15) is 15.1 Å². The molecule has 0 aromatic heterocycles. The van der Waals surface area contributed by atoms with Crippen LogP contribution in [0.5, 0.6) is 0 Å². The third kappa shape index (κ3) is 2.72. The van der Waals surface area contributed by atoms with Gasteiger partial charge in [0.15, 0.2) is 0 Å². The fourth-order valence-corrected chi connectivity index (χ4v) is 11.5. The molecule has 190 valence electrons. The summed E-state index contributed by atoms with van der Waals surface area (Å²) in [6, 6.07) is 0. The van der Waals surface area contributed by atoms with Crippen molar-refractivity contribution in [2.45, 2.75) is 106 Å². The molecule has 0 amide bonds. The van der Waals surface area contributed by atoms with Crippen molar-refractivity contribution in [3.8, 4) is 0 Å². The van der Waals surface area contributed by atoms with Crippen molar-refractivity contribution in [1.82, 2.24) is 0 Å². The van der Waals surface area contributed by atoms with Crippen LogP contribution in [0.1, 0.15) is 106 Å². The highest BCUT2D eigenvalue weighted by molar-refractivity contribution is 5.90. The predicted molar refractivity (Wildman–Crippen MR) is 136 cm³/mol. The lowest BCUT2D eigenvalue weighted by Gasteiger charge is -2.72. The molecule has 6 unspecified atom stereocenters. The summed E-state index contributed by atoms with van der Waals surface area (Å²) < 4.78 is 0. The molecule has 0 spiro atoms. The summed E-state index contributed by atoms with van der Waals surface area (Å²) >= 11 is 0. The fraction of sp³-hybridized carbons (Fsp3) is 0.867. The normalized spacial score (nSPS) is 52.8. The number of hydrogen-bond donors (Lipinski definition) is 2. The number of carboxylic acid groups (broad SMARTS) is 1. The lowest BCUT2D eigenvalue weighted by molar-refractivity contribution is -0.230. The minimum absolute atomic E-state index is 0.0671. The van der Waals surface area contributed by atoms with E-state index in [4.69, 9.17) is 0 Å². The van der Waals surface area contributed by atoms with Crippen LogP contribution in [0.4, 0.5) is 0 Å². The summed E-state index contributed by atoms with van der Waals surface area (Å²) in [6.45, 7) is 18.8. The van der Waals surface area contributed by atoms with Gasteiger partial charge in [-0.1, -0.05) is 51.9 Å². The van der Waals surface area contributed by atoms with Crippen LogP contribution in [0, 0.1) is 56.7 Å². The van der Waals surface area contributed by atoms with Crippen LogP contribution < -0.4 is 0 Å². The van der Waals surface area contributed by atoms with Crippen LogP contribution in [-0.4, -0.2) is 22.0 Å².